The number of hydrogen-bond acceptors (Lipinski definition) is 3. The lowest BCUT2D eigenvalue weighted by atomic mass is 9.98. The number of nitrogens with zero attached hydrogens (tertiary/aromatic N) is 3. The number of carbonyl (C=O) groups is 1. The van der Waals surface area contributed by atoms with E-state index in [0.29, 0.717) is 11.9 Å². The SMILES string of the molecule is COCCCC1CCCCN1C(=O)c1nccn1C. The fraction of sp³-hybridized carbons (Fsp3) is 0.714. The molecule has 0 saturated carbocycles. The summed E-state index contributed by atoms with van der Waals surface area (Å²) < 4.78 is 6.89. The molecule has 0 radical (unpaired) electrons. The third-order valence-electron chi connectivity index (χ3n) is 3.79. The Morgan fingerprint density at radius 1 is 1.53 bits per heavy atom. The van der Waals surface area contributed by atoms with E-state index in [1.165, 1.54) is 6.42 Å². The number of carbonyl (C=O) groups excluding carboxylic acids is 1. The summed E-state index contributed by atoms with van der Waals surface area (Å²) in [7, 11) is 3.59. The molecule has 106 valence electrons. The number of aryl methyl sites for hydroxylation is 1. The molecule has 1 aliphatic rings. The Hall–Kier alpha value is -1.36. The minimum atomic E-state index is 0.0645. The summed E-state index contributed by atoms with van der Waals surface area (Å²) in [4.78, 5) is 18.7. The van der Waals surface area contributed by atoms with Gasteiger partial charge in [-0.15, -0.1) is 0 Å². The molecule has 0 spiro atoms. The van der Waals surface area contributed by atoms with Gasteiger partial charge in [0.25, 0.3) is 5.91 Å². The Morgan fingerprint density at radius 2 is 2.37 bits per heavy atom. The van der Waals surface area contributed by atoms with Gasteiger partial charge in [0.1, 0.15) is 0 Å². The Kier molecular flexibility index (Phi) is 4.96. The van der Waals surface area contributed by atoms with Crippen LogP contribution in [-0.2, 0) is 11.8 Å². The molecule has 0 bridgehead atoms. The molecule has 2 heterocycles. The van der Waals surface area contributed by atoms with Crippen molar-refractivity contribution in [3.8, 4) is 0 Å². The molecule has 1 saturated heterocycles. The smallest absolute Gasteiger partial charge is 0.290 e. The van der Waals surface area contributed by atoms with Gasteiger partial charge < -0.3 is 14.2 Å². The number of methoxy groups -OCH3 is 1. The first kappa shape index (κ1) is 14.1. The van der Waals surface area contributed by atoms with Crippen LogP contribution in [0.2, 0.25) is 0 Å². The van der Waals surface area contributed by atoms with Crippen LogP contribution in [-0.4, -0.2) is 46.7 Å². The lowest BCUT2D eigenvalue weighted by Gasteiger charge is -2.35. The molecule has 0 aliphatic carbocycles. The molecule has 0 N–H and O–H groups in total. The first-order valence-corrected chi connectivity index (χ1v) is 7.01. The quantitative estimate of drug-likeness (QED) is 0.763. The highest BCUT2D eigenvalue weighted by Gasteiger charge is 2.28. The molecule has 1 aromatic rings. The van der Waals surface area contributed by atoms with Gasteiger partial charge in [-0.2, -0.15) is 0 Å². The van der Waals surface area contributed by atoms with Crippen molar-refractivity contribution >= 4 is 5.91 Å². The van der Waals surface area contributed by atoms with Crippen LogP contribution in [0.4, 0.5) is 0 Å². The van der Waals surface area contributed by atoms with Gasteiger partial charge in [0.2, 0.25) is 0 Å². The van der Waals surface area contributed by atoms with Gasteiger partial charge in [-0.25, -0.2) is 4.98 Å². The van der Waals surface area contributed by atoms with Gasteiger partial charge in [0, 0.05) is 45.7 Å². The summed E-state index contributed by atoms with van der Waals surface area (Å²) in [5.74, 6) is 0.605. The van der Waals surface area contributed by atoms with Crippen molar-refractivity contribution in [3.05, 3.63) is 18.2 Å². The topological polar surface area (TPSA) is 47.4 Å². The number of ether oxygens (including phenoxy) is 1. The predicted molar refractivity (Wildman–Crippen MR) is 73.0 cm³/mol. The van der Waals surface area contributed by atoms with Gasteiger partial charge in [-0.3, -0.25) is 4.79 Å². The average Bonchev–Trinajstić information content (AvgIpc) is 2.85. The number of imidazole rings is 1. The third kappa shape index (κ3) is 3.35. The molecule has 19 heavy (non-hydrogen) atoms. The molecule has 1 atom stereocenters. The van der Waals surface area contributed by atoms with E-state index < -0.39 is 0 Å². The standard InChI is InChI=1S/C14H23N3O2/c1-16-10-8-15-13(16)14(18)17-9-4-3-6-12(17)7-5-11-19-2/h8,10,12H,3-7,9,11H2,1-2H3. The van der Waals surface area contributed by atoms with Crippen molar-refractivity contribution in [2.24, 2.45) is 7.05 Å². The Morgan fingerprint density at radius 3 is 3.05 bits per heavy atom. The van der Waals surface area contributed by atoms with E-state index in [0.717, 1.165) is 38.8 Å². The lowest BCUT2D eigenvalue weighted by Crippen LogP contribution is -2.44. The molecule has 1 fully saturated rings. The molecule has 0 aromatic carbocycles. The Bertz CT molecular complexity index is 417. The monoisotopic (exact) mass is 265 g/mol. The van der Waals surface area contributed by atoms with Gasteiger partial charge in [0.05, 0.1) is 0 Å². The van der Waals surface area contributed by atoms with E-state index in [-0.39, 0.29) is 5.91 Å². The van der Waals surface area contributed by atoms with E-state index in [4.69, 9.17) is 4.74 Å². The first-order chi connectivity index (χ1) is 9.24. The van der Waals surface area contributed by atoms with E-state index >= 15 is 0 Å². The Balaban J connectivity index is 2.02. The molecule has 1 amide bonds. The maximum Gasteiger partial charge on any atom is 0.290 e. The molecule has 1 unspecified atom stereocenters. The van der Waals surface area contributed by atoms with Gasteiger partial charge in [-0.1, -0.05) is 0 Å². The van der Waals surface area contributed by atoms with Crippen molar-refractivity contribution in [1.82, 2.24) is 14.5 Å². The van der Waals surface area contributed by atoms with Crippen molar-refractivity contribution in [1.29, 1.82) is 0 Å². The van der Waals surface area contributed by atoms with Gasteiger partial charge in [-0.05, 0) is 32.1 Å². The van der Waals surface area contributed by atoms with Gasteiger partial charge >= 0.3 is 0 Å². The fourth-order valence-corrected chi connectivity index (χ4v) is 2.73. The van der Waals surface area contributed by atoms with E-state index in [1.54, 1.807) is 17.9 Å². The predicted octanol–water partition coefficient (Wildman–Crippen LogP) is 1.84. The van der Waals surface area contributed by atoms with E-state index in [9.17, 15) is 4.79 Å². The average molecular weight is 265 g/mol. The number of likely N-dealkylation sites (tertiary alicyclic amines) is 1. The molecule has 2 rings (SSSR count). The van der Waals surface area contributed by atoms with Crippen molar-refractivity contribution in [2.75, 3.05) is 20.3 Å². The summed E-state index contributed by atoms with van der Waals surface area (Å²) in [6, 6.07) is 0.341. The normalized spacial score (nSPS) is 19.7. The van der Waals surface area contributed by atoms with Crippen molar-refractivity contribution in [3.63, 3.8) is 0 Å². The fourth-order valence-electron chi connectivity index (χ4n) is 2.73. The van der Waals surface area contributed by atoms with Crippen LogP contribution in [0.1, 0.15) is 42.7 Å². The first-order valence-electron chi connectivity index (χ1n) is 7.01. The van der Waals surface area contributed by atoms with Crippen LogP contribution in [0.25, 0.3) is 0 Å². The second kappa shape index (κ2) is 6.70. The van der Waals surface area contributed by atoms with E-state index in [1.807, 2.05) is 18.1 Å². The maximum absolute atomic E-state index is 12.5. The molecule has 1 aromatic heterocycles. The second-order valence-corrected chi connectivity index (χ2v) is 5.14. The number of hydrogen-bond donors (Lipinski definition) is 0. The highest BCUT2D eigenvalue weighted by Crippen LogP contribution is 2.22. The molecular formula is C14H23N3O2. The van der Waals surface area contributed by atoms with Crippen LogP contribution >= 0.6 is 0 Å². The zero-order chi connectivity index (χ0) is 13.7. The summed E-state index contributed by atoms with van der Waals surface area (Å²) in [5.41, 5.74) is 0. The van der Waals surface area contributed by atoms with Crippen LogP contribution in [0.15, 0.2) is 12.4 Å². The van der Waals surface area contributed by atoms with Crippen LogP contribution in [0.5, 0.6) is 0 Å². The zero-order valence-electron chi connectivity index (χ0n) is 11.8. The van der Waals surface area contributed by atoms with Crippen LogP contribution in [0, 0.1) is 0 Å². The maximum atomic E-state index is 12.5. The second-order valence-electron chi connectivity index (χ2n) is 5.14. The third-order valence-corrected chi connectivity index (χ3v) is 3.79. The summed E-state index contributed by atoms with van der Waals surface area (Å²) >= 11 is 0. The van der Waals surface area contributed by atoms with Gasteiger partial charge in [0.15, 0.2) is 5.82 Å². The minimum absolute atomic E-state index is 0.0645. The zero-order valence-corrected chi connectivity index (χ0v) is 11.8. The summed E-state index contributed by atoms with van der Waals surface area (Å²) in [5, 5.41) is 0. The summed E-state index contributed by atoms with van der Waals surface area (Å²) in [6.07, 6.45) is 8.92. The highest BCUT2D eigenvalue weighted by molar-refractivity contribution is 5.91. The number of piperidine rings is 1. The molecule has 1 aliphatic heterocycles. The summed E-state index contributed by atoms with van der Waals surface area (Å²) in [6.45, 7) is 1.62. The Labute approximate surface area is 114 Å². The number of rotatable bonds is 5. The number of aromatic nitrogens is 2. The highest BCUT2D eigenvalue weighted by atomic mass is 16.5. The minimum Gasteiger partial charge on any atom is -0.385 e. The number of amides is 1. The van der Waals surface area contributed by atoms with Crippen LogP contribution in [0.3, 0.4) is 0 Å². The van der Waals surface area contributed by atoms with Crippen LogP contribution < -0.4 is 0 Å². The van der Waals surface area contributed by atoms with E-state index in [2.05, 4.69) is 4.98 Å². The largest absolute Gasteiger partial charge is 0.385 e. The van der Waals surface area contributed by atoms with Crippen molar-refractivity contribution < 1.29 is 9.53 Å². The lowest BCUT2D eigenvalue weighted by molar-refractivity contribution is 0.0569. The molecule has 5 nitrogen and oxygen atoms in total. The van der Waals surface area contributed by atoms with Crippen molar-refractivity contribution in [2.45, 2.75) is 38.1 Å². The molecule has 5 heteroatoms. The molecular weight excluding hydrogens is 242 g/mol.